The van der Waals surface area contributed by atoms with Gasteiger partial charge in [0.05, 0.1) is 0 Å². The van der Waals surface area contributed by atoms with Crippen molar-refractivity contribution in [2.45, 2.75) is 52.1 Å². The van der Waals surface area contributed by atoms with Crippen LogP contribution in [0.1, 0.15) is 52.1 Å². The van der Waals surface area contributed by atoms with Crippen LogP contribution in [0.3, 0.4) is 0 Å². The predicted octanol–water partition coefficient (Wildman–Crippen LogP) is 4.38. The van der Waals surface area contributed by atoms with Gasteiger partial charge in [0.15, 0.2) is 0 Å². The van der Waals surface area contributed by atoms with E-state index in [0.29, 0.717) is 5.75 Å². The number of phenolic OH excluding ortho intramolecular Hbond substituents is 1. The summed E-state index contributed by atoms with van der Waals surface area (Å²) in [5.74, 6) is 0.361. The molecule has 1 aromatic rings. The lowest BCUT2D eigenvalue weighted by molar-refractivity contribution is 0.315. The molecule has 96 valence electrons. The molecule has 0 bridgehead atoms. The molecule has 0 saturated heterocycles. The van der Waals surface area contributed by atoms with Gasteiger partial charge < -0.3 is 10.4 Å². The van der Waals surface area contributed by atoms with Crippen molar-refractivity contribution in [3.8, 4) is 5.75 Å². The van der Waals surface area contributed by atoms with E-state index in [1.807, 2.05) is 12.1 Å². The molecule has 0 aromatic heterocycles. The summed E-state index contributed by atoms with van der Waals surface area (Å²) in [7, 11) is 0. The average Bonchev–Trinajstić information content (AvgIpc) is 2.29. The molecule has 1 atom stereocenters. The van der Waals surface area contributed by atoms with E-state index in [9.17, 15) is 5.11 Å². The minimum absolute atomic E-state index is 0.0788. The van der Waals surface area contributed by atoms with Crippen LogP contribution in [-0.2, 0) is 0 Å². The lowest BCUT2D eigenvalue weighted by atomic mass is 9.96. The zero-order valence-corrected chi connectivity index (χ0v) is 12.6. The average molecular weight is 300 g/mol. The van der Waals surface area contributed by atoms with E-state index < -0.39 is 0 Å². The minimum Gasteiger partial charge on any atom is -0.508 e. The summed E-state index contributed by atoms with van der Waals surface area (Å²) >= 11 is 3.45. The van der Waals surface area contributed by atoms with Crippen LogP contribution in [0.4, 0.5) is 0 Å². The summed E-state index contributed by atoms with van der Waals surface area (Å²) < 4.78 is 1.000. The van der Waals surface area contributed by atoms with Crippen molar-refractivity contribution in [2.24, 2.45) is 0 Å². The van der Waals surface area contributed by atoms with Gasteiger partial charge in [0.25, 0.3) is 0 Å². The number of phenols is 1. The first-order valence-corrected chi connectivity index (χ1v) is 6.95. The van der Waals surface area contributed by atoms with E-state index in [1.54, 1.807) is 6.07 Å². The highest BCUT2D eigenvalue weighted by atomic mass is 79.9. The molecule has 0 fully saturated rings. The predicted molar refractivity (Wildman–Crippen MR) is 76.3 cm³/mol. The fraction of sp³-hybridized carbons (Fsp3) is 0.571. The smallest absolute Gasteiger partial charge is 0.120 e. The maximum atomic E-state index is 9.95. The summed E-state index contributed by atoms with van der Waals surface area (Å²) in [6.45, 7) is 8.67. The summed E-state index contributed by atoms with van der Waals surface area (Å²) in [5, 5.41) is 13.5. The molecule has 0 aliphatic carbocycles. The van der Waals surface area contributed by atoms with Crippen LogP contribution in [0.25, 0.3) is 0 Å². The van der Waals surface area contributed by atoms with Crippen LogP contribution in [0.15, 0.2) is 22.7 Å². The molecule has 1 rings (SSSR count). The summed E-state index contributed by atoms with van der Waals surface area (Å²) in [4.78, 5) is 0. The molecule has 0 radical (unpaired) electrons. The first-order valence-electron chi connectivity index (χ1n) is 6.15. The molecule has 17 heavy (non-hydrogen) atoms. The SMILES string of the molecule is CCC(NC(C)(C)CC)c1cc(Br)ccc1O. The third-order valence-corrected chi connectivity index (χ3v) is 3.72. The van der Waals surface area contributed by atoms with Gasteiger partial charge >= 0.3 is 0 Å². The quantitative estimate of drug-likeness (QED) is 0.845. The van der Waals surface area contributed by atoms with Gasteiger partial charge in [-0.3, -0.25) is 0 Å². The van der Waals surface area contributed by atoms with E-state index in [0.717, 1.165) is 22.9 Å². The molecule has 1 unspecified atom stereocenters. The number of rotatable bonds is 5. The Bertz CT molecular complexity index is 376. The molecule has 2 N–H and O–H groups in total. The fourth-order valence-electron chi connectivity index (χ4n) is 1.78. The van der Waals surface area contributed by atoms with Gasteiger partial charge in [-0.15, -0.1) is 0 Å². The van der Waals surface area contributed by atoms with Crippen LogP contribution in [-0.4, -0.2) is 10.6 Å². The van der Waals surface area contributed by atoms with Crippen molar-refractivity contribution in [1.82, 2.24) is 5.32 Å². The largest absolute Gasteiger partial charge is 0.508 e. The van der Waals surface area contributed by atoms with E-state index in [2.05, 4.69) is 48.9 Å². The van der Waals surface area contributed by atoms with Crippen LogP contribution < -0.4 is 5.32 Å². The number of hydrogen-bond donors (Lipinski definition) is 2. The number of hydrogen-bond acceptors (Lipinski definition) is 2. The van der Waals surface area contributed by atoms with Crippen LogP contribution in [0.2, 0.25) is 0 Å². The summed E-state index contributed by atoms with van der Waals surface area (Å²) in [5.41, 5.74) is 1.04. The van der Waals surface area contributed by atoms with Crippen molar-refractivity contribution in [3.63, 3.8) is 0 Å². The summed E-state index contributed by atoms with van der Waals surface area (Å²) in [6.07, 6.45) is 2.01. The second kappa shape index (κ2) is 5.87. The van der Waals surface area contributed by atoms with Crippen molar-refractivity contribution in [1.29, 1.82) is 0 Å². The van der Waals surface area contributed by atoms with Gasteiger partial charge in [0.1, 0.15) is 5.75 Å². The first-order chi connectivity index (χ1) is 7.89. The van der Waals surface area contributed by atoms with Crippen LogP contribution in [0, 0.1) is 0 Å². The van der Waals surface area contributed by atoms with Crippen molar-refractivity contribution in [2.75, 3.05) is 0 Å². The normalized spacial score (nSPS) is 13.7. The number of nitrogens with one attached hydrogen (secondary N) is 1. The molecule has 0 saturated carbocycles. The zero-order chi connectivity index (χ0) is 13.1. The van der Waals surface area contributed by atoms with Gasteiger partial charge in [-0.05, 0) is 44.9 Å². The Morgan fingerprint density at radius 3 is 2.53 bits per heavy atom. The standard InChI is InChI=1S/C14H22BrNO/c1-5-12(16-14(3,4)6-2)11-9-10(15)7-8-13(11)17/h7-9,12,16-17H,5-6H2,1-4H3. The maximum absolute atomic E-state index is 9.95. The van der Waals surface area contributed by atoms with Crippen LogP contribution >= 0.6 is 15.9 Å². The van der Waals surface area contributed by atoms with Gasteiger partial charge in [-0.1, -0.05) is 29.8 Å². The number of halogens is 1. The maximum Gasteiger partial charge on any atom is 0.120 e. The van der Waals surface area contributed by atoms with Gasteiger partial charge in [-0.25, -0.2) is 0 Å². The van der Waals surface area contributed by atoms with Crippen molar-refractivity contribution < 1.29 is 5.11 Å². The monoisotopic (exact) mass is 299 g/mol. The third-order valence-electron chi connectivity index (χ3n) is 3.22. The Kier molecular flexibility index (Phi) is 5.02. The molecule has 2 nitrogen and oxygen atoms in total. The second-order valence-electron chi connectivity index (χ2n) is 5.05. The van der Waals surface area contributed by atoms with Gasteiger partial charge in [0, 0.05) is 21.6 Å². The highest BCUT2D eigenvalue weighted by molar-refractivity contribution is 9.10. The molecule has 0 aliphatic rings. The third kappa shape index (κ3) is 4.00. The minimum atomic E-state index is 0.0788. The molecular weight excluding hydrogens is 278 g/mol. The van der Waals surface area contributed by atoms with Gasteiger partial charge in [0.2, 0.25) is 0 Å². The Hall–Kier alpha value is -0.540. The molecule has 1 aromatic carbocycles. The molecular formula is C14H22BrNO. The molecule has 0 aliphatic heterocycles. The fourth-order valence-corrected chi connectivity index (χ4v) is 2.16. The van der Waals surface area contributed by atoms with Crippen molar-refractivity contribution in [3.05, 3.63) is 28.2 Å². The highest BCUT2D eigenvalue weighted by Crippen LogP contribution is 2.31. The lowest BCUT2D eigenvalue weighted by Gasteiger charge is -2.31. The lowest BCUT2D eigenvalue weighted by Crippen LogP contribution is -2.40. The Morgan fingerprint density at radius 2 is 2.00 bits per heavy atom. The van der Waals surface area contributed by atoms with Crippen LogP contribution in [0.5, 0.6) is 5.75 Å². The van der Waals surface area contributed by atoms with E-state index in [-0.39, 0.29) is 11.6 Å². The van der Waals surface area contributed by atoms with Gasteiger partial charge in [-0.2, -0.15) is 0 Å². The first kappa shape index (κ1) is 14.5. The van der Waals surface area contributed by atoms with E-state index in [1.165, 1.54) is 0 Å². The zero-order valence-electron chi connectivity index (χ0n) is 11.0. The summed E-state index contributed by atoms with van der Waals surface area (Å²) in [6, 6.07) is 5.77. The van der Waals surface area contributed by atoms with E-state index >= 15 is 0 Å². The number of benzene rings is 1. The molecule has 0 amide bonds. The Morgan fingerprint density at radius 1 is 1.35 bits per heavy atom. The molecule has 0 spiro atoms. The second-order valence-corrected chi connectivity index (χ2v) is 5.96. The topological polar surface area (TPSA) is 32.3 Å². The van der Waals surface area contributed by atoms with E-state index in [4.69, 9.17) is 0 Å². The molecule has 0 heterocycles. The molecule has 3 heteroatoms. The Labute approximate surface area is 113 Å². The Balaban J connectivity index is 2.97. The number of aromatic hydroxyl groups is 1. The van der Waals surface area contributed by atoms with Crippen molar-refractivity contribution >= 4 is 15.9 Å². The highest BCUT2D eigenvalue weighted by Gasteiger charge is 2.22.